The van der Waals surface area contributed by atoms with E-state index in [9.17, 15) is 29.1 Å². The third-order valence-electron chi connectivity index (χ3n) is 7.69. The molecule has 0 aromatic heterocycles. The molecule has 1 heterocycles. The van der Waals surface area contributed by atoms with Gasteiger partial charge in [-0.05, 0) is 56.0 Å². The summed E-state index contributed by atoms with van der Waals surface area (Å²) in [5.74, 6) is -4.75. The number of aryl methyl sites for hydroxylation is 1. The summed E-state index contributed by atoms with van der Waals surface area (Å²) in [5, 5.41) is 24.2. The van der Waals surface area contributed by atoms with Crippen molar-refractivity contribution in [3.63, 3.8) is 0 Å². The fourth-order valence-corrected chi connectivity index (χ4v) is 5.10. The number of carboxylic acids is 2. The van der Waals surface area contributed by atoms with Crippen molar-refractivity contribution in [3.8, 4) is 5.75 Å². The Hall–Kier alpha value is -5.19. The number of nitrogens with one attached hydrogen (secondary N) is 2. The van der Waals surface area contributed by atoms with Crippen LogP contribution in [0.3, 0.4) is 0 Å². The first-order chi connectivity index (χ1) is 20.8. The first-order valence-corrected chi connectivity index (χ1v) is 14.1. The molecule has 11 nitrogen and oxygen atoms in total. The molecule has 0 radical (unpaired) electrons. The van der Waals surface area contributed by atoms with Gasteiger partial charge in [0.15, 0.2) is 0 Å². The molecule has 0 aliphatic carbocycles. The first-order valence-electron chi connectivity index (χ1n) is 14.1. The quantitative estimate of drug-likeness (QED) is 0.229. The van der Waals surface area contributed by atoms with Gasteiger partial charge in [-0.3, -0.25) is 19.2 Å². The van der Waals surface area contributed by atoms with Crippen LogP contribution in [0, 0.1) is 6.92 Å². The van der Waals surface area contributed by atoms with Crippen LogP contribution in [-0.2, 0) is 36.9 Å². The number of carbonyl (C=O) groups excluding carboxylic acids is 3. The fourth-order valence-electron chi connectivity index (χ4n) is 5.10. The van der Waals surface area contributed by atoms with Gasteiger partial charge in [-0.25, -0.2) is 4.79 Å². The minimum Gasteiger partial charge on any atom is -0.481 e. The Labute approximate surface area is 254 Å². The maximum atomic E-state index is 14.7. The lowest BCUT2D eigenvalue weighted by Crippen LogP contribution is -2.68. The number of rotatable bonds is 12. The Morgan fingerprint density at radius 2 is 1.59 bits per heavy atom. The lowest BCUT2D eigenvalue weighted by molar-refractivity contribution is -0.164. The monoisotopic (exact) mass is 601 g/mol. The van der Waals surface area contributed by atoms with Crippen LogP contribution in [-0.4, -0.2) is 62.0 Å². The lowest BCUT2D eigenvalue weighted by Gasteiger charge is -2.45. The Balaban J connectivity index is 1.82. The van der Waals surface area contributed by atoms with Crippen LogP contribution in [0.4, 0.5) is 5.69 Å². The number of carboxylic acid groups (broad SMARTS) is 2. The van der Waals surface area contributed by atoms with Crippen LogP contribution in [0.15, 0.2) is 78.9 Å². The van der Waals surface area contributed by atoms with Crippen molar-refractivity contribution >= 4 is 35.3 Å². The number of ether oxygens (including phenoxy) is 1. The van der Waals surface area contributed by atoms with Crippen LogP contribution >= 0.6 is 0 Å². The molecule has 3 aromatic carbocycles. The molecular weight excluding hydrogens is 566 g/mol. The van der Waals surface area contributed by atoms with Gasteiger partial charge in [0.1, 0.15) is 17.3 Å². The Kier molecular flexibility index (Phi) is 9.37. The Morgan fingerprint density at radius 1 is 0.977 bits per heavy atom. The van der Waals surface area contributed by atoms with Crippen molar-refractivity contribution in [2.75, 3.05) is 5.32 Å². The van der Waals surface area contributed by atoms with E-state index in [1.165, 1.54) is 18.7 Å². The molecule has 0 saturated heterocycles. The van der Waals surface area contributed by atoms with Crippen molar-refractivity contribution in [3.05, 3.63) is 95.6 Å². The standard InChI is InChI=1S/C33H35N3O8/c1-21-14-16-26-25(18-21)35-30(42)33(3,44-26)31(43)36(20-23-12-8-5-9-13-23)32(2,19-22-10-6-4-7-11-22)29(41)34-24(28(39)40)15-17-27(37)38/h4-14,16,18,24H,15,17,19-20H2,1-3H3,(H,34,41)(H,35,42)(H,37,38)(H,39,40)/t24-,32-,33?/m1/s1. The summed E-state index contributed by atoms with van der Waals surface area (Å²) in [6.07, 6.45) is -0.925. The van der Waals surface area contributed by atoms with Gasteiger partial charge in [0, 0.05) is 19.4 Å². The highest BCUT2D eigenvalue weighted by Gasteiger charge is 2.54. The molecule has 230 valence electrons. The highest BCUT2D eigenvalue weighted by atomic mass is 16.5. The summed E-state index contributed by atoms with van der Waals surface area (Å²) < 4.78 is 6.08. The van der Waals surface area contributed by atoms with E-state index in [-0.39, 0.29) is 25.1 Å². The van der Waals surface area contributed by atoms with Gasteiger partial charge in [0.25, 0.3) is 17.4 Å². The van der Waals surface area contributed by atoms with Gasteiger partial charge >= 0.3 is 11.9 Å². The fraction of sp³-hybridized carbons (Fsp3) is 0.303. The second kappa shape index (κ2) is 13.0. The number of hydrogen-bond donors (Lipinski definition) is 4. The summed E-state index contributed by atoms with van der Waals surface area (Å²) in [7, 11) is 0. The van der Waals surface area contributed by atoms with Gasteiger partial charge < -0.3 is 30.5 Å². The van der Waals surface area contributed by atoms with E-state index in [0.29, 0.717) is 16.8 Å². The molecule has 3 amide bonds. The zero-order valence-corrected chi connectivity index (χ0v) is 24.7. The number of fused-ring (bicyclic) bond motifs is 1. The number of benzene rings is 3. The van der Waals surface area contributed by atoms with Gasteiger partial charge in [0.05, 0.1) is 5.69 Å². The third-order valence-corrected chi connectivity index (χ3v) is 7.69. The van der Waals surface area contributed by atoms with Crippen molar-refractivity contribution in [2.45, 2.75) is 63.8 Å². The van der Waals surface area contributed by atoms with Crippen molar-refractivity contribution in [1.29, 1.82) is 0 Å². The molecule has 44 heavy (non-hydrogen) atoms. The van der Waals surface area contributed by atoms with Gasteiger partial charge in [-0.1, -0.05) is 66.7 Å². The average molecular weight is 602 g/mol. The predicted octanol–water partition coefficient (Wildman–Crippen LogP) is 3.55. The first kappa shape index (κ1) is 31.7. The van der Waals surface area contributed by atoms with Crippen LogP contribution < -0.4 is 15.4 Å². The van der Waals surface area contributed by atoms with E-state index in [1.54, 1.807) is 78.9 Å². The molecular formula is C33H35N3O8. The van der Waals surface area contributed by atoms with E-state index in [2.05, 4.69) is 10.6 Å². The van der Waals surface area contributed by atoms with E-state index < -0.39 is 53.3 Å². The summed E-state index contributed by atoms with van der Waals surface area (Å²) in [5.41, 5.74) is -1.28. The zero-order valence-electron chi connectivity index (χ0n) is 24.7. The van der Waals surface area contributed by atoms with Crippen LogP contribution in [0.2, 0.25) is 0 Å². The van der Waals surface area contributed by atoms with E-state index in [0.717, 1.165) is 5.56 Å². The molecule has 0 fully saturated rings. The lowest BCUT2D eigenvalue weighted by atomic mass is 9.86. The van der Waals surface area contributed by atoms with Gasteiger partial charge in [-0.2, -0.15) is 0 Å². The number of carbonyl (C=O) groups is 5. The number of hydrogen-bond acceptors (Lipinski definition) is 6. The van der Waals surface area contributed by atoms with Crippen molar-refractivity contribution < 1.29 is 38.9 Å². The maximum absolute atomic E-state index is 14.7. The average Bonchev–Trinajstić information content (AvgIpc) is 2.99. The topological polar surface area (TPSA) is 162 Å². The highest BCUT2D eigenvalue weighted by molar-refractivity contribution is 6.16. The summed E-state index contributed by atoms with van der Waals surface area (Å²) in [6, 6.07) is 21.3. The summed E-state index contributed by atoms with van der Waals surface area (Å²) in [6.45, 7) is 4.55. The molecule has 3 atom stereocenters. The molecule has 1 aliphatic rings. The molecule has 4 N–H and O–H groups in total. The van der Waals surface area contributed by atoms with Crippen LogP contribution in [0.5, 0.6) is 5.75 Å². The number of anilines is 1. The SMILES string of the molecule is Cc1ccc2c(c1)NC(=O)C(C)(C(=O)N(Cc1ccccc1)[C@](C)(Cc1ccccc1)C(=O)N[C@H](CCC(=O)O)C(=O)O)O2. The number of amides is 3. The van der Waals surface area contributed by atoms with Gasteiger partial charge in [-0.15, -0.1) is 0 Å². The molecule has 1 aliphatic heterocycles. The second-order valence-corrected chi connectivity index (χ2v) is 11.2. The van der Waals surface area contributed by atoms with E-state index in [4.69, 9.17) is 9.84 Å². The minimum absolute atomic E-state index is 0.0585. The Bertz CT molecular complexity index is 1560. The van der Waals surface area contributed by atoms with Crippen LogP contribution in [0.25, 0.3) is 0 Å². The highest BCUT2D eigenvalue weighted by Crippen LogP contribution is 2.37. The second-order valence-electron chi connectivity index (χ2n) is 11.2. The molecule has 4 rings (SSSR count). The number of nitrogens with zero attached hydrogens (tertiary/aromatic N) is 1. The van der Waals surface area contributed by atoms with Crippen LogP contribution in [0.1, 0.15) is 43.4 Å². The molecule has 0 saturated carbocycles. The Morgan fingerprint density at radius 3 is 2.18 bits per heavy atom. The third kappa shape index (κ3) is 6.88. The predicted molar refractivity (Wildman–Crippen MR) is 161 cm³/mol. The van der Waals surface area contributed by atoms with E-state index >= 15 is 0 Å². The molecule has 3 aromatic rings. The number of aliphatic carboxylic acids is 2. The molecule has 1 unspecified atom stereocenters. The normalized spacial score (nSPS) is 17.6. The summed E-state index contributed by atoms with van der Waals surface area (Å²) in [4.78, 5) is 66.9. The smallest absolute Gasteiger partial charge is 0.326 e. The zero-order chi connectivity index (χ0) is 32.1. The van der Waals surface area contributed by atoms with E-state index in [1.807, 2.05) is 6.92 Å². The molecule has 11 heteroatoms. The van der Waals surface area contributed by atoms with Crippen molar-refractivity contribution in [1.82, 2.24) is 10.2 Å². The largest absolute Gasteiger partial charge is 0.481 e. The molecule has 0 spiro atoms. The summed E-state index contributed by atoms with van der Waals surface area (Å²) >= 11 is 0. The molecule has 0 bridgehead atoms. The maximum Gasteiger partial charge on any atom is 0.326 e. The van der Waals surface area contributed by atoms with Crippen molar-refractivity contribution in [2.24, 2.45) is 0 Å². The minimum atomic E-state index is -2.09. The van der Waals surface area contributed by atoms with Gasteiger partial charge in [0.2, 0.25) is 5.91 Å².